The summed E-state index contributed by atoms with van der Waals surface area (Å²) in [6, 6.07) is 10.8. The molecular weight excluding hydrogens is 332 g/mol. The van der Waals surface area contributed by atoms with Gasteiger partial charge in [0.1, 0.15) is 0 Å². The van der Waals surface area contributed by atoms with Crippen molar-refractivity contribution in [3.8, 4) is 11.5 Å². The van der Waals surface area contributed by atoms with Gasteiger partial charge in [0, 0.05) is 11.3 Å². The SMILES string of the molecule is COc1cc(C(=O)Nc2cccc3c2CCCC3)ccc1OCC(N)=O. The minimum atomic E-state index is -0.581. The summed E-state index contributed by atoms with van der Waals surface area (Å²) >= 11 is 0. The molecule has 3 N–H and O–H groups in total. The monoisotopic (exact) mass is 354 g/mol. The van der Waals surface area contributed by atoms with Crippen LogP contribution in [0.1, 0.15) is 34.3 Å². The average molecular weight is 354 g/mol. The predicted octanol–water partition coefficient (Wildman–Crippen LogP) is 2.69. The highest BCUT2D eigenvalue weighted by atomic mass is 16.5. The minimum Gasteiger partial charge on any atom is -0.493 e. The number of carbonyl (C=O) groups excluding carboxylic acids is 2. The van der Waals surface area contributed by atoms with E-state index in [4.69, 9.17) is 15.2 Å². The number of rotatable bonds is 6. The standard InChI is InChI=1S/C20H22N2O4/c1-25-18-11-14(9-10-17(18)26-12-19(21)23)20(24)22-16-8-4-6-13-5-2-3-7-15(13)16/h4,6,8-11H,2-3,5,7,12H2,1H3,(H2,21,23)(H,22,24). The number of aryl methyl sites for hydroxylation is 1. The largest absolute Gasteiger partial charge is 0.493 e. The molecule has 2 aromatic rings. The van der Waals surface area contributed by atoms with Gasteiger partial charge in [0.25, 0.3) is 11.8 Å². The van der Waals surface area contributed by atoms with Crippen LogP contribution >= 0.6 is 0 Å². The maximum absolute atomic E-state index is 12.7. The van der Waals surface area contributed by atoms with E-state index in [1.807, 2.05) is 12.1 Å². The van der Waals surface area contributed by atoms with Crippen molar-refractivity contribution in [2.45, 2.75) is 25.7 Å². The summed E-state index contributed by atoms with van der Waals surface area (Å²) in [5, 5.41) is 3.00. The molecule has 0 unspecified atom stereocenters. The van der Waals surface area contributed by atoms with Gasteiger partial charge in [-0.15, -0.1) is 0 Å². The number of hydrogen-bond acceptors (Lipinski definition) is 4. The van der Waals surface area contributed by atoms with E-state index >= 15 is 0 Å². The lowest BCUT2D eigenvalue weighted by molar-refractivity contribution is -0.119. The van der Waals surface area contributed by atoms with Crippen LogP contribution < -0.4 is 20.5 Å². The Balaban J connectivity index is 1.79. The molecule has 2 amide bonds. The first kappa shape index (κ1) is 17.8. The van der Waals surface area contributed by atoms with Crippen LogP contribution in [0.4, 0.5) is 5.69 Å². The highest BCUT2D eigenvalue weighted by molar-refractivity contribution is 6.05. The zero-order valence-electron chi connectivity index (χ0n) is 14.7. The molecule has 136 valence electrons. The molecule has 26 heavy (non-hydrogen) atoms. The molecule has 0 spiro atoms. The van der Waals surface area contributed by atoms with Crippen LogP contribution in [-0.2, 0) is 17.6 Å². The highest BCUT2D eigenvalue weighted by Gasteiger charge is 2.16. The number of anilines is 1. The van der Waals surface area contributed by atoms with Crippen LogP contribution in [0.15, 0.2) is 36.4 Å². The molecule has 0 heterocycles. The molecule has 0 radical (unpaired) electrons. The lowest BCUT2D eigenvalue weighted by Crippen LogP contribution is -2.20. The van der Waals surface area contributed by atoms with E-state index in [0.717, 1.165) is 24.9 Å². The van der Waals surface area contributed by atoms with Crippen LogP contribution in [0.25, 0.3) is 0 Å². The molecule has 2 aromatic carbocycles. The molecule has 3 rings (SSSR count). The van der Waals surface area contributed by atoms with E-state index in [1.54, 1.807) is 18.2 Å². The Kier molecular flexibility index (Phi) is 5.41. The number of carbonyl (C=O) groups is 2. The van der Waals surface area contributed by atoms with Gasteiger partial charge in [-0.3, -0.25) is 9.59 Å². The first-order chi connectivity index (χ1) is 12.6. The Bertz CT molecular complexity index is 833. The van der Waals surface area contributed by atoms with Gasteiger partial charge in [-0.1, -0.05) is 12.1 Å². The van der Waals surface area contributed by atoms with Gasteiger partial charge in [0.05, 0.1) is 7.11 Å². The van der Waals surface area contributed by atoms with Gasteiger partial charge in [-0.25, -0.2) is 0 Å². The molecule has 1 aliphatic carbocycles. The number of benzene rings is 2. The summed E-state index contributed by atoms with van der Waals surface area (Å²) in [5.74, 6) is -0.0691. The number of nitrogens with one attached hydrogen (secondary N) is 1. The molecule has 6 heteroatoms. The number of primary amides is 1. The van der Waals surface area contributed by atoms with Crippen molar-refractivity contribution >= 4 is 17.5 Å². The van der Waals surface area contributed by atoms with Crippen molar-refractivity contribution in [3.63, 3.8) is 0 Å². The fraction of sp³-hybridized carbons (Fsp3) is 0.300. The molecule has 0 aromatic heterocycles. The van der Waals surface area contributed by atoms with E-state index in [-0.39, 0.29) is 12.5 Å². The normalized spacial score (nSPS) is 12.8. The molecule has 0 aliphatic heterocycles. The molecular formula is C20H22N2O4. The number of hydrogen-bond donors (Lipinski definition) is 2. The topological polar surface area (TPSA) is 90.7 Å². The van der Waals surface area contributed by atoms with Crippen LogP contribution in [0, 0.1) is 0 Å². The van der Waals surface area contributed by atoms with Gasteiger partial charge in [-0.2, -0.15) is 0 Å². The first-order valence-electron chi connectivity index (χ1n) is 8.59. The fourth-order valence-electron chi connectivity index (χ4n) is 3.17. The van der Waals surface area contributed by atoms with Crippen molar-refractivity contribution in [3.05, 3.63) is 53.1 Å². The Morgan fingerprint density at radius 3 is 2.69 bits per heavy atom. The molecule has 0 atom stereocenters. The van der Waals surface area contributed by atoms with Gasteiger partial charge in [0.2, 0.25) is 0 Å². The highest BCUT2D eigenvalue weighted by Crippen LogP contribution is 2.30. The number of ether oxygens (including phenoxy) is 2. The third-order valence-electron chi connectivity index (χ3n) is 4.44. The third kappa shape index (κ3) is 3.96. The van der Waals surface area contributed by atoms with Gasteiger partial charge < -0.3 is 20.5 Å². The van der Waals surface area contributed by atoms with Crippen molar-refractivity contribution < 1.29 is 19.1 Å². The van der Waals surface area contributed by atoms with E-state index in [0.29, 0.717) is 17.1 Å². The van der Waals surface area contributed by atoms with Crippen LogP contribution in [0.3, 0.4) is 0 Å². The molecule has 1 aliphatic rings. The second-order valence-electron chi connectivity index (χ2n) is 6.23. The Morgan fingerprint density at radius 1 is 1.12 bits per heavy atom. The maximum Gasteiger partial charge on any atom is 0.255 e. The van der Waals surface area contributed by atoms with Gasteiger partial charge in [0.15, 0.2) is 18.1 Å². The molecule has 0 saturated carbocycles. The average Bonchev–Trinajstić information content (AvgIpc) is 2.66. The van der Waals surface area contributed by atoms with E-state index in [1.165, 1.54) is 24.7 Å². The number of nitrogens with two attached hydrogens (primary N) is 1. The summed E-state index contributed by atoms with van der Waals surface area (Å²) in [6.07, 6.45) is 4.36. The molecule has 0 bridgehead atoms. The Labute approximate surface area is 152 Å². The third-order valence-corrected chi connectivity index (χ3v) is 4.44. The summed E-state index contributed by atoms with van der Waals surface area (Å²) in [5.41, 5.74) is 8.92. The van der Waals surface area contributed by atoms with E-state index in [9.17, 15) is 9.59 Å². The lowest BCUT2D eigenvalue weighted by atomic mass is 9.90. The zero-order chi connectivity index (χ0) is 18.5. The zero-order valence-corrected chi connectivity index (χ0v) is 14.7. The van der Waals surface area contributed by atoms with E-state index in [2.05, 4.69) is 11.4 Å². The Morgan fingerprint density at radius 2 is 1.92 bits per heavy atom. The number of fused-ring (bicyclic) bond motifs is 1. The van der Waals surface area contributed by atoms with Crippen LogP contribution in [0.2, 0.25) is 0 Å². The Hall–Kier alpha value is -3.02. The van der Waals surface area contributed by atoms with Crippen LogP contribution in [0.5, 0.6) is 11.5 Å². The minimum absolute atomic E-state index is 0.219. The second-order valence-corrected chi connectivity index (χ2v) is 6.23. The number of methoxy groups -OCH3 is 1. The van der Waals surface area contributed by atoms with Crippen molar-refractivity contribution in [2.75, 3.05) is 19.0 Å². The second kappa shape index (κ2) is 7.91. The van der Waals surface area contributed by atoms with Crippen molar-refractivity contribution in [1.29, 1.82) is 0 Å². The number of amides is 2. The smallest absolute Gasteiger partial charge is 0.255 e. The quantitative estimate of drug-likeness (QED) is 0.834. The molecule has 6 nitrogen and oxygen atoms in total. The van der Waals surface area contributed by atoms with Crippen molar-refractivity contribution in [1.82, 2.24) is 0 Å². The fourth-order valence-corrected chi connectivity index (χ4v) is 3.17. The van der Waals surface area contributed by atoms with Crippen LogP contribution in [-0.4, -0.2) is 25.5 Å². The molecule has 0 fully saturated rings. The predicted molar refractivity (Wildman–Crippen MR) is 98.7 cm³/mol. The van der Waals surface area contributed by atoms with E-state index < -0.39 is 5.91 Å². The summed E-state index contributed by atoms with van der Waals surface area (Å²) in [6.45, 7) is -0.252. The maximum atomic E-state index is 12.7. The summed E-state index contributed by atoms with van der Waals surface area (Å²) in [7, 11) is 1.47. The van der Waals surface area contributed by atoms with Gasteiger partial charge >= 0.3 is 0 Å². The molecule has 0 saturated heterocycles. The summed E-state index contributed by atoms with van der Waals surface area (Å²) in [4.78, 5) is 23.5. The van der Waals surface area contributed by atoms with Gasteiger partial charge in [-0.05, 0) is 61.1 Å². The first-order valence-corrected chi connectivity index (χ1v) is 8.59. The van der Waals surface area contributed by atoms with Crippen molar-refractivity contribution in [2.24, 2.45) is 5.73 Å². The lowest BCUT2D eigenvalue weighted by Gasteiger charge is -2.19. The summed E-state index contributed by atoms with van der Waals surface area (Å²) < 4.78 is 10.5.